The molecule has 6 nitrogen and oxygen atoms in total. The molecule has 0 atom stereocenters. The third-order valence-electron chi connectivity index (χ3n) is 4.44. The molecule has 0 fully saturated rings. The van der Waals surface area contributed by atoms with Crippen molar-refractivity contribution in [2.24, 2.45) is 0 Å². The molecule has 0 aromatic heterocycles. The standard InChI is InChI=1S/C21H13Cl2FN4O2/c22-15-6-12(5-14(7-15)10-25)4-13-8-17(24)20(23)19(9-13)30-11-18-16-2-1-3-28(29)21(16)27-26-18/h1-3,5-9,29H,4,11H2. The average Bonchev–Trinajstić information content (AvgIpc) is 3.13. The number of aromatic nitrogens is 3. The van der Waals surface area contributed by atoms with Crippen molar-refractivity contribution in [3.63, 3.8) is 0 Å². The molecule has 2 aliphatic rings. The van der Waals surface area contributed by atoms with Crippen LogP contribution in [0.1, 0.15) is 22.4 Å². The smallest absolute Gasteiger partial charge is 0.199 e. The van der Waals surface area contributed by atoms with Gasteiger partial charge in [0.1, 0.15) is 28.9 Å². The molecule has 0 aliphatic carbocycles. The molecule has 2 aromatic rings. The summed E-state index contributed by atoms with van der Waals surface area (Å²) in [5, 5.41) is 27.0. The predicted octanol–water partition coefficient (Wildman–Crippen LogP) is 5.11. The minimum atomic E-state index is -0.627. The minimum Gasteiger partial charge on any atom is -0.486 e. The average molecular weight is 443 g/mol. The maximum absolute atomic E-state index is 14.4. The first-order valence-electron chi connectivity index (χ1n) is 8.77. The molecule has 0 unspecified atom stereocenters. The van der Waals surface area contributed by atoms with E-state index < -0.39 is 5.82 Å². The monoisotopic (exact) mass is 442 g/mol. The predicted molar refractivity (Wildman–Crippen MR) is 109 cm³/mol. The summed E-state index contributed by atoms with van der Waals surface area (Å²) in [6, 6.07) is 13.3. The summed E-state index contributed by atoms with van der Waals surface area (Å²) in [7, 11) is 0. The summed E-state index contributed by atoms with van der Waals surface area (Å²) in [6.07, 6.45) is 1.77. The normalized spacial score (nSPS) is 10.9. The van der Waals surface area contributed by atoms with Crippen molar-refractivity contribution in [2.75, 3.05) is 0 Å². The molecule has 1 N–H and O–H groups in total. The minimum absolute atomic E-state index is 0.0150. The molecule has 4 rings (SSSR count). The van der Waals surface area contributed by atoms with Crippen LogP contribution >= 0.6 is 23.2 Å². The molecule has 2 heterocycles. The third-order valence-corrected chi connectivity index (χ3v) is 5.02. The lowest BCUT2D eigenvalue weighted by molar-refractivity contribution is 0.186. The van der Waals surface area contributed by atoms with E-state index in [1.165, 1.54) is 12.3 Å². The van der Waals surface area contributed by atoms with Crippen LogP contribution in [0, 0.1) is 17.1 Å². The van der Waals surface area contributed by atoms with E-state index in [0.29, 0.717) is 33.8 Å². The zero-order valence-electron chi connectivity index (χ0n) is 15.3. The van der Waals surface area contributed by atoms with Gasteiger partial charge in [-0.25, -0.2) is 4.39 Å². The Hall–Kier alpha value is -3.34. The van der Waals surface area contributed by atoms with Crippen molar-refractivity contribution in [2.45, 2.75) is 13.0 Å². The highest BCUT2D eigenvalue weighted by atomic mass is 35.5. The van der Waals surface area contributed by atoms with Crippen LogP contribution in [0.2, 0.25) is 10.0 Å². The van der Waals surface area contributed by atoms with E-state index in [-0.39, 0.29) is 23.2 Å². The van der Waals surface area contributed by atoms with Gasteiger partial charge in [0.15, 0.2) is 5.82 Å². The first kappa shape index (κ1) is 20.0. The molecule has 0 amide bonds. The van der Waals surface area contributed by atoms with Gasteiger partial charge in [-0.2, -0.15) is 9.99 Å². The molecule has 0 spiro atoms. The van der Waals surface area contributed by atoms with E-state index in [4.69, 9.17) is 33.2 Å². The fourth-order valence-electron chi connectivity index (χ4n) is 3.11. The molecule has 0 saturated carbocycles. The van der Waals surface area contributed by atoms with Gasteiger partial charge in [-0.05, 0) is 60.0 Å². The Morgan fingerprint density at radius 1 is 1.13 bits per heavy atom. The molecule has 0 bridgehead atoms. The summed E-state index contributed by atoms with van der Waals surface area (Å²) in [4.78, 5) is 0. The van der Waals surface area contributed by atoms with E-state index in [0.717, 1.165) is 10.3 Å². The third kappa shape index (κ3) is 4.01. The first-order chi connectivity index (χ1) is 14.4. The van der Waals surface area contributed by atoms with E-state index in [1.54, 1.807) is 36.4 Å². The van der Waals surface area contributed by atoms with Crippen LogP contribution in [0.5, 0.6) is 5.75 Å². The van der Waals surface area contributed by atoms with Crippen molar-refractivity contribution >= 4 is 23.2 Å². The molecule has 30 heavy (non-hydrogen) atoms. The lowest BCUT2D eigenvalue weighted by Crippen LogP contribution is -2.01. The van der Waals surface area contributed by atoms with E-state index in [9.17, 15) is 9.60 Å². The van der Waals surface area contributed by atoms with Crippen LogP contribution in [0.15, 0.2) is 48.7 Å². The Morgan fingerprint density at radius 2 is 1.93 bits per heavy atom. The van der Waals surface area contributed by atoms with Gasteiger partial charge < -0.3 is 9.94 Å². The lowest BCUT2D eigenvalue weighted by Gasteiger charge is -2.11. The van der Waals surface area contributed by atoms with Crippen LogP contribution in [0.3, 0.4) is 0 Å². The van der Waals surface area contributed by atoms with Crippen LogP contribution in [0.4, 0.5) is 4.39 Å². The van der Waals surface area contributed by atoms with Gasteiger partial charge in [0, 0.05) is 16.8 Å². The summed E-state index contributed by atoms with van der Waals surface area (Å²) >= 11 is 12.1. The van der Waals surface area contributed by atoms with Gasteiger partial charge in [-0.3, -0.25) is 0 Å². The van der Waals surface area contributed by atoms with Crippen LogP contribution in [0.25, 0.3) is 11.4 Å². The van der Waals surface area contributed by atoms with Gasteiger partial charge in [0.25, 0.3) is 0 Å². The number of nitrogens with zero attached hydrogens (tertiary/aromatic N) is 4. The molecule has 0 radical (unpaired) electrons. The first-order valence-corrected chi connectivity index (χ1v) is 9.52. The summed E-state index contributed by atoms with van der Waals surface area (Å²) < 4.78 is 21.0. The van der Waals surface area contributed by atoms with Crippen molar-refractivity contribution in [3.8, 4) is 23.2 Å². The molecular formula is C21H13Cl2FN4O2. The second kappa shape index (κ2) is 8.19. The number of ether oxygens (including phenoxy) is 1. The quantitative estimate of drug-likeness (QED) is 0.434. The number of nitriles is 1. The number of benzene rings is 2. The van der Waals surface area contributed by atoms with Crippen molar-refractivity contribution in [1.29, 1.82) is 5.26 Å². The molecule has 150 valence electrons. The van der Waals surface area contributed by atoms with Gasteiger partial charge >= 0.3 is 0 Å². The van der Waals surface area contributed by atoms with Crippen LogP contribution < -0.4 is 4.74 Å². The topological polar surface area (TPSA) is 84.0 Å². The fourth-order valence-corrected chi connectivity index (χ4v) is 3.53. The molecule has 2 aliphatic heterocycles. The van der Waals surface area contributed by atoms with Crippen LogP contribution in [-0.4, -0.2) is 20.1 Å². The molecule has 9 heteroatoms. The number of rotatable bonds is 5. The highest BCUT2D eigenvalue weighted by Crippen LogP contribution is 2.32. The highest BCUT2D eigenvalue weighted by Gasteiger charge is 2.18. The number of hydrogen-bond donors (Lipinski definition) is 1. The van der Waals surface area contributed by atoms with Crippen molar-refractivity contribution in [1.82, 2.24) is 14.9 Å². The van der Waals surface area contributed by atoms with Gasteiger partial charge in [-0.15, -0.1) is 10.2 Å². The Balaban J connectivity index is 1.58. The van der Waals surface area contributed by atoms with Gasteiger partial charge in [0.05, 0.1) is 11.6 Å². The van der Waals surface area contributed by atoms with E-state index in [1.807, 2.05) is 6.07 Å². The summed E-state index contributed by atoms with van der Waals surface area (Å²) in [5.41, 5.74) is 2.86. The Kier molecular flexibility index (Phi) is 5.44. The van der Waals surface area contributed by atoms with Crippen molar-refractivity contribution < 1.29 is 14.3 Å². The Labute approximate surface area is 181 Å². The van der Waals surface area contributed by atoms with Crippen molar-refractivity contribution in [3.05, 3.63) is 86.9 Å². The summed E-state index contributed by atoms with van der Waals surface area (Å²) in [6.45, 7) is -0.0150. The lowest BCUT2D eigenvalue weighted by atomic mass is 10.0. The zero-order valence-corrected chi connectivity index (χ0v) is 16.8. The van der Waals surface area contributed by atoms with Gasteiger partial charge in [0.2, 0.25) is 0 Å². The Morgan fingerprint density at radius 3 is 2.73 bits per heavy atom. The largest absolute Gasteiger partial charge is 0.486 e. The molecular weight excluding hydrogens is 430 g/mol. The maximum atomic E-state index is 14.4. The number of pyridine rings is 1. The number of fused-ring (bicyclic) bond motifs is 1. The van der Waals surface area contributed by atoms with E-state index >= 15 is 0 Å². The zero-order chi connectivity index (χ0) is 21.3. The Bertz CT molecular complexity index is 1250. The van der Waals surface area contributed by atoms with Crippen LogP contribution in [-0.2, 0) is 13.0 Å². The molecule has 0 saturated heterocycles. The highest BCUT2D eigenvalue weighted by molar-refractivity contribution is 6.32. The SMILES string of the molecule is N#Cc1cc(Cl)cc(Cc2cc(F)c(Cl)c(OCc3nnc4n(O)cccc3-4)c2)c1. The number of halogens is 3. The molecule has 2 aromatic carbocycles. The second-order valence-electron chi connectivity index (χ2n) is 6.55. The van der Waals surface area contributed by atoms with E-state index in [2.05, 4.69) is 10.2 Å². The van der Waals surface area contributed by atoms with Gasteiger partial charge in [-0.1, -0.05) is 23.2 Å². The number of hydrogen-bond acceptors (Lipinski definition) is 5. The fraction of sp³-hybridized carbons (Fsp3) is 0.0952. The summed E-state index contributed by atoms with van der Waals surface area (Å²) in [5.74, 6) is -0.187. The maximum Gasteiger partial charge on any atom is 0.199 e. The second-order valence-corrected chi connectivity index (χ2v) is 7.37.